The van der Waals surface area contributed by atoms with E-state index in [0.717, 1.165) is 5.56 Å². The lowest BCUT2D eigenvalue weighted by Gasteiger charge is -2.26. The maximum absolute atomic E-state index is 12.7. The normalized spacial score (nSPS) is 11.6. The van der Waals surface area contributed by atoms with Crippen molar-refractivity contribution in [2.75, 3.05) is 17.5 Å². The topological polar surface area (TPSA) is 102 Å². The van der Waals surface area contributed by atoms with Crippen LogP contribution in [0, 0.1) is 6.92 Å². The Balaban J connectivity index is 3.21. The molecule has 0 saturated carbocycles. The van der Waals surface area contributed by atoms with Crippen molar-refractivity contribution in [3.8, 4) is 0 Å². The zero-order valence-electron chi connectivity index (χ0n) is 15.3. The summed E-state index contributed by atoms with van der Waals surface area (Å²) in [6.07, 6.45) is -1.17. The molecule has 0 heterocycles. The second-order valence-electron chi connectivity index (χ2n) is 6.38. The van der Waals surface area contributed by atoms with Crippen molar-refractivity contribution in [2.24, 2.45) is 0 Å². The van der Waals surface area contributed by atoms with Gasteiger partial charge in [-0.15, -0.1) is 0 Å². The molecule has 0 atom stereocenters. The van der Waals surface area contributed by atoms with Crippen molar-refractivity contribution in [2.45, 2.75) is 40.2 Å². The Morgan fingerprint density at radius 1 is 1.27 bits per heavy atom. The molecule has 0 radical (unpaired) electrons. The Hall–Kier alpha value is -2.00. The minimum atomic E-state index is -4.47. The van der Waals surface area contributed by atoms with Crippen molar-refractivity contribution < 1.29 is 27.5 Å². The molecule has 0 unspecified atom stereocenters. The molecule has 0 fully saturated rings. The molecule has 0 spiro atoms. The first-order valence-corrected chi connectivity index (χ1v) is 9.62. The van der Waals surface area contributed by atoms with Gasteiger partial charge in [-0.1, -0.05) is 17.7 Å². The predicted octanol–water partition coefficient (Wildman–Crippen LogP) is 2.79. The SMILES string of the molecule is CCOC(=O)CN(c1ccc(C)cc1Cl)S(=O)(=O)NC(=O)OC(C)(C)C. The van der Waals surface area contributed by atoms with Gasteiger partial charge in [0, 0.05) is 0 Å². The van der Waals surface area contributed by atoms with Crippen molar-refractivity contribution in [1.82, 2.24) is 4.72 Å². The van der Waals surface area contributed by atoms with Crippen molar-refractivity contribution in [1.29, 1.82) is 0 Å². The van der Waals surface area contributed by atoms with Gasteiger partial charge >= 0.3 is 22.3 Å². The zero-order valence-corrected chi connectivity index (χ0v) is 16.9. The lowest BCUT2D eigenvalue weighted by Crippen LogP contribution is -2.47. The van der Waals surface area contributed by atoms with E-state index >= 15 is 0 Å². The van der Waals surface area contributed by atoms with Crippen molar-refractivity contribution in [3.63, 3.8) is 0 Å². The third-order valence-electron chi connectivity index (χ3n) is 2.85. The Bertz CT molecular complexity index is 773. The molecule has 146 valence electrons. The summed E-state index contributed by atoms with van der Waals surface area (Å²) in [5, 5.41) is 0.101. The smallest absolute Gasteiger partial charge is 0.422 e. The molecule has 0 aliphatic heterocycles. The van der Waals surface area contributed by atoms with Gasteiger partial charge in [0.2, 0.25) is 0 Å². The average Bonchev–Trinajstić information content (AvgIpc) is 2.42. The highest BCUT2D eigenvalue weighted by atomic mass is 35.5. The molecule has 0 aromatic heterocycles. The third-order valence-corrected chi connectivity index (χ3v) is 4.48. The fourth-order valence-corrected chi connectivity index (χ4v) is 3.34. The number of hydrogen-bond acceptors (Lipinski definition) is 6. The van der Waals surface area contributed by atoms with Crippen LogP contribution in [-0.2, 0) is 24.5 Å². The maximum atomic E-state index is 12.7. The quantitative estimate of drug-likeness (QED) is 0.729. The van der Waals surface area contributed by atoms with E-state index in [0.29, 0.717) is 4.31 Å². The van der Waals surface area contributed by atoms with Crippen LogP contribution in [0.4, 0.5) is 10.5 Å². The lowest BCUT2D eigenvalue weighted by atomic mass is 10.2. The van der Waals surface area contributed by atoms with Gasteiger partial charge in [0.1, 0.15) is 12.1 Å². The average molecular weight is 407 g/mol. The maximum Gasteiger partial charge on any atom is 0.422 e. The number of benzene rings is 1. The summed E-state index contributed by atoms with van der Waals surface area (Å²) in [6.45, 7) is 7.56. The molecule has 0 aliphatic rings. The number of carbonyl (C=O) groups is 2. The standard InChI is InChI=1S/C16H23ClN2O6S/c1-6-24-14(20)10-19(13-8-7-11(2)9-12(13)17)26(22,23)18-15(21)25-16(3,4)5/h7-9H,6,10H2,1-5H3,(H,18,21). The molecule has 26 heavy (non-hydrogen) atoms. The molecule has 0 aliphatic carbocycles. The largest absolute Gasteiger partial charge is 0.465 e. The van der Waals surface area contributed by atoms with E-state index in [2.05, 4.69) is 0 Å². The second-order valence-corrected chi connectivity index (χ2v) is 8.38. The summed E-state index contributed by atoms with van der Waals surface area (Å²) in [5.74, 6) is -0.793. The minimum Gasteiger partial charge on any atom is -0.465 e. The number of amides is 1. The van der Waals surface area contributed by atoms with Crippen LogP contribution in [0.1, 0.15) is 33.3 Å². The number of esters is 1. The van der Waals surface area contributed by atoms with Gasteiger partial charge in [0.05, 0.1) is 17.3 Å². The van der Waals surface area contributed by atoms with Crippen LogP contribution in [0.15, 0.2) is 18.2 Å². The van der Waals surface area contributed by atoms with E-state index in [1.165, 1.54) is 12.1 Å². The summed E-state index contributed by atoms with van der Waals surface area (Å²) in [5.41, 5.74) is -0.0682. The lowest BCUT2D eigenvalue weighted by molar-refractivity contribution is -0.141. The number of halogens is 1. The van der Waals surface area contributed by atoms with Crippen LogP contribution >= 0.6 is 11.6 Å². The summed E-state index contributed by atoms with van der Waals surface area (Å²) in [7, 11) is -4.47. The van der Waals surface area contributed by atoms with Crippen molar-refractivity contribution in [3.05, 3.63) is 28.8 Å². The molecule has 1 aromatic rings. The second kappa shape index (κ2) is 8.59. The first kappa shape index (κ1) is 22.0. The van der Waals surface area contributed by atoms with Gasteiger partial charge in [-0.2, -0.15) is 8.42 Å². The Morgan fingerprint density at radius 3 is 2.38 bits per heavy atom. The zero-order chi connectivity index (χ0) is 20.1. The van der Waals surface area contributed by atoms with Gasteiger partial charge in [0.25, 0.3) is 0 Å². The summed E-state index contributed by atoms with van der Waals surface area (Å²) in [6, 6.07) is 4.60. The molecule has 8 nitrogen and oxygen atoms in total. The summed E-state index contributed by atoms with van der Waals surface area (Å²) >= 11 is 6.13. The Morgan fingerprint density at radius 2 is 1.88 bits per heavy atom. The number of ether oxygens (including phenoxy) is 2. The number of nitrogens with one attached hydrogen (secondary N) is 1. The number of carbonyl (C=O) groups excluding carboxylic acids is 2. The van der Waals surface area contributed by atoms with E-state index in [9.17, 15) is 18.0 Å². The Labute approximate surface area is 158 Å². The highest BCUT2D eigenvalue weighted by molar-refractivity contribution is 7.91. The van der Waals surface area contributed by atoms with Crippen LogP contribution in [-0.4, -0.2) is 39.2 Å². The van der Waals surface area contributed by atoms with Crippen LogP contribution < -0.4 is 9.03 Å². The molecule has 0 saturated heterocycles. The fourth-order valence-electron chi connectivity index (χ4n) is 1.90. The van der Waals surface area contributed by atoms with Crippen LogP contribution in [0.25, 0.3) is 0 Å². The predicted molar refractivity (Wildman–Crippen MR) is 98.5 cm³/mol. The molecular weight excluding hydrogens is 384 g/mol. The number of anilines is 1. The molecule has 1 aromatic carbocycles. The number of aryl methyl sites for hydroxylation is 1. The molecule has 1 amide bonds. The van der Waals surface area contributed by atoms with Gasteiger partial charge in [-0.3, -0.25) is 4.79 Å². The molecular formula is C16H23ClN2O6S. The van der Waals surface area contributed by atoms with Gasteiger partial charge < -0.3 is 9.47 Å². The van der Waals surface area contributed by atoms with E-state index in [1.807, 2.05) is 0 Å². The van der Waals surface area contributed by atoms with Crippen LogP contribution in [0.3, 0.4) is 0 Å². The minimum absolute atomic E-state index is 0.0291. The van der Waals surface area contributed by atoms with E-state index in [4.69, 9.17) is 21.1 Å². The molecule has 0 bridgehead atoms. The number of hydrogen-bond donors (Lipinski definition) is 1. The summed E-state index contributed by atoms with van der Waals surface area (Å²) < 4.78 is 37.5. The number of nitrogens with zero attached hydrogens (tertiary/aromatic N) is 1. The van der Waals surface area contributed by atoms with E-state index in [1.54, 1.807) is 45.4 Å². The fraction of sp³-hybridized carbons (Fsp3) is 0.500. The number of rotatable bonds is 6. The van der Waals surface area contributed by atoms with Crippen molar-refractivity contribution >= 4 is 39.6 Å². The Kier molecular flexibility index (Phi) is 7.28. The molecule has 10 heteroatoms. The van der Waals surface area contributed by atoms with Crippen LogP contribution in [0.2, 0.25) is 5.02 Å². The first-order chi connectivity index (χ1) is 11.9. The van der Waals surface area contributed by atoms with Gasteiger partial charge in [-0.25, -0.2) is 13.8 Å². The van der Waals surface area contributed by atoms with E-state index in [-0.39, 0.29) is 17.3 Å². The monoisotopic (exact) mass is 406 g/mol. The summed E-state index contributed by atoms with van der Waals surface area (Å²) in [4.78, 5) is 23.7. The van der Waals surface area contributed by atoms with Gasteiger partial charge in [-0.05, 0) is 52.3 Å². The highest BCUT2D eigenvalue weighted by Gasteiger charge is 2.31. The highest BCUT2D eigenvalue weighted by Crippen LogP contribution is 2.28. The van der Waals surface area contributed by atoms with Gasteiger partial charge in [0.15, 0.2) is 0 Å². The third kappa shape index (κ3) is 6.72. The van der Waals surface area contributed by atoms with Crippen LogP contribution in [0.5, 0.6) is 0 Å². The first-order valence-electron chi connectivity index (χ1n) is 7.81. The molecule has 1 N–H and O–H groups in total. The molecule has 1 rings (SSSR count). The van der Waals surface area contributed by atoms with E-state index < -0.39 is 34.4 Å².